The highest BCUT2D eigenvalue weighted by molar-refractivity contribution is 7.16. The van der Waals surface area contributed by atoms with Crippen LogP contribution in [0.25, 0.3) is 16.1 Å². The maximum Gasteiger partial charge on any atom is 0.258 e. The molecule has 0 bridgehead atoms. The number of halogens is 1. The second-order valence-electron chi connectivity index (χ2n) is 8.97. The molecule has 1 saturated carbocycles. The van der Waals surface area contributed by atoms with Crippen LogP contribution in [0.1, 0.15) is 31.2 Å². The molecule has 1 saturated heterocycles. The Balaban J connectivity index is 0.00000289. The zero-order valence-electron chi connectivity index (χ0n) is 20.3. The number of hydrogen-bond donors (Lipinski definition) is 0. The van der Waals surface area contributed by atoms with Crippen LogP contribution in [0.3, 0.4) is 0 Å². The first-order chi connectivity index (χ1) is 16.7. The van der Waals surface area contributed by atoms with Crippen LogP contribution in [0.4, 0.5) is 5.69 Å². The third kappa shape index (κ3) is 5.01. The van der Waals surface area contributed by atoms with Crippen molar-refractivity contribution in [1.82, 2.24) is 9.61 Å². The first kappa shape index (κ1) is 25.4. The van der Waals surface area contributed by atoms with E-state index >= 15 is 0 Å². The van der Waals surface area contributed by atoms with Crippen LogP contribution < -0.4 is 19.1 Å². The third-order valence-corrected chi connectivity index (χ3v) is 7.62. The number of rotatable bonds is 9. The standard InChI is InChI=1S/C25H30N4O4S.ClH/c1-30-20-10-18(12-26)11-21(31-2)22(20)19-15-34-25-23(24(32-3)27-29(19)25)28(13-16-4-5-16)14-17-6-8-33-9-7-17;/h10-11,15-17H,4-9,13-14H2,1-3H3;1H. The van der Waals surface area contributed by atoms with E-state index in [1.54, 1.807) is 44.8 Å². The predicted octanol–water partition coefficient (Wildman–Crippen LogP) is 5.03. The van der Waals surface area contributed by atoms with Crippen LogP contribution in [0.2, 0.25) is 0 Å². The van der Waals surface area contributed by atoms with Gasteiger partial charge in [-0.3, -0.25) is 0 Å². The lowest BCUT2D eigenvalue weighted by Crippen LogP contribution is -2.34. The van der Waals surface area contributed by atoms with E-state index < -0.39 is 0 Å². The van der Waals surface area contributed by atoms with Crippen molar-refractivity contribution in [3.05, 3.63) is 23.1 Å². The van der Waals surface area contributed by atoms with Gasteiger partial charge in [0.2, 0.25) is 0 Å². The molecule has 0 spiro atoms. The second-order valence-corrected chi connectivity index (χ2v) is 9.83. The Morgan fingerprint density at radius 1 is 1.06 bits per heavy atom. The normalized spacial score (nSPS) is 15.9. The van der Waals surface area contributed by atoms with Crippen LogP contribution in [0.15, 0.2) is 17.5 Å². The lowest BCUT2D eigenvalue weighted by Gasteiger charge is -2.31. The van der Waals surface area contributed by atoms with Gasteiger partial charge in [0.25, 0.3) is 5.88 Å². The summed E-state index contributed by atoms with van der Waals surface area (Å²) in [6, 6.07) is 5.63. The summed E-state index contributed by atoms with van der Waals surface area (Å²) in [4.78, 5) is 3.52. The molecule has 10 heteroatoms. The van der Waals surface area contributed by atoms with E-state index in [0.717, 1.165) is 66.8 Å². The van der Waals surface area contributed by atoms with Gasteiger partial charge in [-0.05, 0) is 49.7 Å². The van der Waals surface area contributed by atoms with Crippen molar-refractivity contribution >= 4 is 34.3 Å². The van der Waals surface area contributed by atoms with Crippen LogP contribution in [0, 0.1) is 23.2 Å². The number of hydrogen-bond acceptors (Lipinski definition) is 8. The molecule has 2 fully saturated rings. The van der Waals surface area contributed by atoms with Gasteiger partial charge in [0.05, 0.1) is 44.2 Å². The highest BCUT2D eigenvalue weighted by Crippen LogP contribution is 2.46. The molecular formula is C25H31ClN4O4S. The maximum absolute atomic E-state index is 9.41. The molecule has 188 valence electrons. The van der Waals surface area contributed by atoms with Crippen molar-refractivity contribution < 1.29 is 18.9 Å². The molecule has 2 aromatic heterocycles. The number of ether oxygens (including phenoxy) is 4. The summed E-state index contributed by atoms with van der Waals surface area (Å²) in [6.07, 6.45) is 4.74. The summed E-state index contributed by atoms with van der Waals surface area (Å²) in [7, 11) is 4.88. The Labute approximate surface area is 215 Å². The van der Waals surface area contributed by atoms with Crippen LogP contribution in [-0.4, -0.2) is 57.2 Å². The molecule has 8 nitrogen and oxygen atoms in total. The summed E-state index contributed by atoms with van der Waals surface area (Å²) in [6.45, 7) is 3.67. The molecule has 3 heterocycles. The van der Waals surface area contributed by atoms with Gasteiger partial charge >= 0.3 is 0 Å². The van der Waals surface area contributed by atoms with Gasteiger partial charge in [0, 0.05) is 31.7 Å². The lowest BCUT2D eigenvalue weighted by atomic mass is 9.99. The molecule has 5 rings (SSSR count). The van der Waals surface area contributed by atoms with Crippen molar-refractivity contribution in [1.29, 1.82) is 5.26 Å². The maximum atomic E-state index is 9.41. The van der Waals surface area contributed by atoms with Gasteiger partial charge in [0.1, 0.15) is 22.0 Å². The van der Waals surface area contributed by atoms with E-state index in [2.05, 4.69) is 16.3 Å². The molecule has 1 aliphatic heterocycles. The zero-order chi connectivity index (χ0) is 23.7. The molecule has 1 aromatic carbocycles. The molecular weight excluding hydrogens is 488 g/mol. The van der Waals surface area contributed by atoms with Gasteiger partial charge in [-0.25, -0.2) is 4.52 Å². The minimum absolute atomic E-state index is 0. The Bertz CT molecular complexity index is 1190. The van der Waals surface area contributed by atoms with Crippen LogP contribution in [0.5, 0.6) is 17.4 Å². The molecule has 3 aromatic rings. The molecule has 0 radical (unpaired) electrons. The van der Waals surface area contributed by atoms with E-state index in [9.17, 15) is 5.26 Å². The fourth-order valence-electron chi connectivity index (χ4n) is 4.72. The average molecular weight is 519 g/mol. The number of nitrogens with zero attached hydrogens (tertiary/aromatic N) is 4. The SMILES string of the molecule is COc1cc(C#N)cc(OC)c1-c1csc2c(N(CC3CCOCC3)CC3CC3)c(OC)nn12.Cl. The van der Waals surface area contributed by atoms with Gasteiger partial charge in [0.15, 0.2) is 0 Å². The first-order valence-electron chi connectivity index (χ1n) is 11.7. The molecule has 35 heavy (non-hydrogen) atoms. The smallest absolute Gasteiger partial charge is 0.258 e. The largest absolute Gasteiger partial charge is 0.496 e. The van der Waals surface area contributed by atoms with E-state index in [0.29, 0.717) is 28.9 Å². The van der Waals surface area contributed by atoms with Crippen LogP contribution in [-0.2, 0) is 4.74 Å². The van der Waals surface area contributed by atoms with Gasteiger partial charge < -0.3 is 23.8 Å². The van der Waals surface area contributed by atoms with E-state index in [4.69, 9.17) is 24.0 Å². The van der Waals surface area contributed by atoms with Crippen molar-refractivity contribution in [2.24, 2.45) is 11.8 Å². The highest BCUT2D eigenvalue weighted by Gasteiger charge is 2.32. The van der Waals surface area contributed by atoms with Crippen molar-refractivity contribution in [3.8, 4) is 34.7 Å². The Kier molecular flexibility index (Phi) is 7.95. The van der Waals surface area contributed by atoms with E-state index in [1.807, 2.05) is 4.52 Å². The number of aromatic nitrogens is 2. The molecule has 0 unspecified atom stereocenters. The quantitative estimate of drug-likeness (QED) is 0.393. The summed E-state index contributed by atoms with van der Waals surface area (Å²) in [5.74, 6) is 3.11. The fourth-order valence-corrected chi connectivity index (χ4v) is 5.73. The van der Waals surface area contributed by atoms with E-state index in [-0.39, 0.29) is 12.4 Å². The fraction of sp³-hybridized carbons (Fsp3) is 0.520. The average Bonchev–Trinajstić information content (AvgIpc) is 3.49. The Morgan fingerprint density at radius 3 is 2.23 bits per heavy atom. The number of thiazole rings is 1. The Hall–Kier alpha value is -2.67. The van der Waals surface area contributed by atoms with Gasteiger partial charge in [-0.15, -0.1) is 28.8 Å². The van der Waals surface area contributed by atoms with Gasteiger partial charge in [-0.1, -0.05) is 0 Å². The zero-order valence-corrected chi connectivity index (χ0v) is 21.9. The minimum atomic E-state index is 0. The third-order valence-electron chi connectivity index (χ3n) is 6.69. The van der Waals surface area contributed by atoms with E-state index in [1.165, 1.54) is 12.8 Å². The number of fused-ring (bicyclic) bond motifs is 1. The number of methoxy groups -OCH3 is 3. The van der Waals surface area contributed by atoms with Crippen LogP contribution >= 0.6 is 23.7 Å². The summed E-state index contributed by atoms with van der Waals surface area (Å²) < 4.78 is 24.6. The second kappa shape index (κ2) is 10.9. The molecule has 0 amide bonds. The molecule has 1 aliphatic carbocycles. The minimum Gasteiger partial charge on any atom is -0.496 e. The summed E-state index contributed by atoms with van der Waals surface area (Å²) in [5, 5.41) is 16.3. The number of anilines is 1. The summed E-state index contributed by atoms with van der Waals surface area (Å²) >= 11 is 1.64. The highest BCUT2D eigenvalue weighted by atomic mass is 35.5. The first-order valence-corrected chi connectivity index (χ1v) is 12.6. The monoisotopic (exact) mass is 518 g/mol. The number of benzene rings is 1. The topological polar surface area (TPSA) is 81.2 Å². The molecule has 2 aliphatic rings. The lowest BCUT2D eigenvalue weighted by molar-refractivity contribution is 0.0681. The Morgan fingerprint density at radius 2 is 1.69 bits per heavy atom. The van der Waals surface area contributed by atoms with Crippen molar-refractivity contribution in [2.45, 2.75) is 25.7 Å². The summed E-state index contributed by atoms with van der Waals surface area (Å²) in [5.41, 5.74) is 3.16. The number of nitriles is 1. The van der Waals surface area contributed by atoms with Crippen molar-refractivity contribution in [2.75, 3.05) is 52.5 Å². The molecule has 0 N–H and O–H groups in total. The van der Waals surface area contributed by atoms with Gasteiger partial charge in [-0.2, -0.15) is 5.26 Å². The van der Waals surface area contributed by atoms with Crippen molar-refractivity contribution in [3.63, 3.8) is 0 Å². The predicted molar refractivity (Wildman–Crippen MR) is 139 cm³/mol. The molecule has 0 atom stereocenters.